The molecule has 9 heteroatoms. The Morgan fingerprint density at radius 1 is 1.03 bits per heavy atom. The molecule has 38 heavy (non-hydrogen) atoms. The van der Waals surface area contributed by atoms with Gasteiger partial charge in [-0.3, -0.25) is 9.59 Å². The van der Waals surface area contributed by atoms with E-state index in [1.165, 1.54) is 23.9 Å². The molecule has 2 aliphatic heterocycles. The number of allylic oxidation sites excluding steroid dienone is 1. The Bertz CT molecular complexity index is 1470. The summed E-state index contributed by atoms with van der Waals surface area (Å²) in [5.41, 5.74) is 3.93. The van der Waals surface area contributed by atoms with Gasteiger partial charge < -0.3 is 15.5 Å². The van der Waals surface area contributed by atoms with Crippen molar-refractivity contribution < 1.29 is 14.0 Å². The zero-order chi connectivity index (χ0) is 26.6. The zero-order valence-electron chi connectivity index (χ0n) is 20.4. The zero-order valence-corrected chi connectivity index (χ0v) is 22.0. The Morgan fingerprint density at radius 3 is 2.47 bits per heavy atom. The van der Waals surface area contributed by atoms with Crippen molar-refractivity contribution in [2.45, 2.75) is 25.9 Å². The number of fused-ring (bicyclic) bond motifs is 1. The minimum absolute atomic E-state index is 0.0702. The van der Waals surface area contributed by atoms with Gasteiger partial charge in [0.15, 0.2) is 5.17 Å². The van der Waals surface area contributed by atoms with Crippen LogP contribution in [0.5, 0.6) is 0 Å². The van der Waals surface area contributed by atoms with E-state index in [9.17, 15) is 14.0 Å². The molecule has 192 valence electrons. The largest absolute Gasteiger partial charge is 0.352 e. The van der Waals surface area contributed by atoms with Gasteiger partial charge in [0.05, 0.1) is 23.7 Å². The summed E-state index contributed by atoms with van der Waals surface area (Å²) in [6, 6.07) is 22.0. The normalized spacial score (nSPS) is 16.5. The number of amidine groups is 1. The topological polar surface area (TPSA) is 73.8 Å². The molecule has 0 saturated heterocycles. The minimum atomic E-state index is -0.578. The standard InChI is InChI=1S/C29H24ClFN4O2S/c1-18-26(28(37)34-21-7-3-2-4-8-21)27(23-9-5-6-10-24(23)30)35-22(17-38-29(35)33-18)15-25(36)32-16-19-11-13-20(31)14-12-19/h2-14,17,27H,15-16H2,1H3,(H,32,36)(H,34,37). The van der Waals surface area contributed by atoms with Crippen LogP contribution >= 0.6 is 23.4 Å². The lowest BCUT2D eigenvalue weighted by Gasteiger charge is -2.37. The van der Waals surface area contributed by atoms with E-state index in [0.29, 0.717) is 32.8 Å². The molecule has 0 spiro atoms. The van der Waals surface area contributed by atoms with Crippen LogP contribution in [0.1, 0.15) is 30.5 Å². The van der Waals surface area contributed by atoms with E-state index in [1.54, 1.807) is 18.2 Å². The molecule has 1 unspecified atom stereocenters. The molecule has 0 aromatic heterocycles. The van der Waals surface area contributed by atoms with Crippen molar-refractivity contribution >= 4 is 46.0 Å². The molecule has 6 nitrogen and oxygen atoms in total. The number of anilines is 1. The molecule has 2 heterocycles. The van der Waals surface area contributed by atoms with Gasteiger partial charge in [0.25, 0.3) is 5.91 Å². The van der Waals surface area contributed by atoms with Crippen molar-refractivity contribution in [1.82, 2.24) is 10.2 Å². The predicted octanol–water partition coefficient (Wildman–Crippen LogP) is 6.40. The highest BCUT2D eigenvalue weighted by atomic mass is 35.5. The molecular formula is C29H24ClFN4O2S. The SMILES string of the molecule is CC1=C(C(=O)Nc2ccccc2)C(c2ccccc2Cl)N2C(CC(=O)NCc3ccc(F)cc3)=CSC2=N1. The van der Waals surface area contributed by atoms with Crippen molar-refractivity contribution in [2.75, 3.05) is 5.32 Å². The average molecular weight is 547 g/mol. The summed E-state index contributed by atoms with van der Waals surface area (Å²) >= 11 is 8.06. The molecule has 3 aromatic carbocycles. The summed E-state index contributed by atoms with van der Waals surface area (Å²) in [6.07, 6.45) is 0.0702. The van der Waals surface area contributed by atoms with Gasteiger partial charge in [-0.2, -0.15) is 0 Å². The van der Waals surface area contributed by atoms with Gasteiger partial charge in [-0.1, -0.05) is 71.9 Å². The van der Waals surface area contributed by atoms with Crippen molar-refractivity contribution in [2.24, 2.45) is 4.99 Å². The number of aliphatic imine (C=N–C) groups is 1. The minimum Gasteiger partial charge on any atom is -0.352 e. The summed E-state index contributed by atoms with van der Waals surface area (Å²) in [4.78, 5) is 33.2. The highest BCUT2D eigenvalue weighted by Gasteiger charge is 2.41. The number of rotatable bonds is 7. The van der Waals surface area contributed by atoms with Crippen LogP contribution in [-0.2, 0) is 16.1 Å². The van der Waals surface area contributed by atoms with Crippen LogP contribution in [0.3, 0.4) is 0 Å². The predicted molar refractivity (Wildman–Crippen MR) is 150 cm³/mol. The Balaban J connectivity index is 1.42. The van der Waals surface area contributed by atoms with Crippen LogP contribution in [-0.4, -0.2) is 21.9 Å². The third kappa shape index (κ3) is 5.51. The Morgan fingerprint density at radius 2 is 1.74 bits per heavy atom. The van der Waals surface area contributed by atoms with E-state index in [-0.39, 0.29) is 30.6 Å². The monoisotopic (exact) mass is 546 g/mol. The molecular weight excluding hydrogens is 523 g/mol. The van der Waals surface area contributed by atoms with Gasteiger partial charge >= 0.3 is 0 Å². The summed E-state index contributed by atoms with van der Waals surface area (Å²) in [7, 11) is 0. The first kappa shape index (κ1) is 25.8. The maximum absolute atomic E-state index is 13.6. The molecule has 3 aromatic rings. The molecule has 0 bridgehead atoms. The molecule has 1 atom stereocenters. The first-order valence-corrected chi connectivity index (χ1v) is 13.2. The fourth-order valence-electron chi connectivity index (χ4n) is 4.40. The molecule has 0 fully saturated rings. The Kier molecular flexibility index (Phi) is 7.62. The highest BCUT2D eigenvalue weighted by Crippen LogP contribution is 2.46. The Labute approximate surface area is 229 Å². The summed E-state index contributed by atoms with van der Waals surface area (Å²) in [6.45, 7) is 2.08. The molecule has 0 aliphatic carbocycles. The molecule has 0 radical (unpaired) electrons. The van der Waals surface area contributed by atoms with E-state index >= 15 is 0 Å². The van der Waals surface area contributed by atoms with E-state index in [1.807, 2.05) is 65.8 Å². The number of amides is 2. The van der Waals surface area contributed by atoms with Gasteiger partial charge in [0.1, 0.15) is 5.82 Å². The third-order valence-corrected chi connectivity index (χ3v) is 7.45. The maximum Gasteiger partial charge on any atom is 0.255 e. The number of nitrogens with one attached hydrogen (secondary N) is 2. The maximum atomic E-state index is 13.6. The fourth-order valence-corrected chi connectivity index (χ4v) is 5.60. The number of benzene rings is 3. The third-order valence-electron chi connectivity index (χ3n) is 6.22. The van der Waals surface area contributed by atoms with Crippen LogP contribution in [0.2, 0.25) is 5.02 Å². The number of hydrogen-bond donors (Lipinski definition) is 2. The number of carbonyl (C=O) groups is 2. The average Bonchev–Trinajstić information content (AvgIpc) is 3.30. The second-order valence-electron chi connectivity index (χ2n) is 8.81. The lowest BCUT2D eigenvalue weighted by molar-refractivity contribution is -0.120. The molecule has 2 amide bonds. The molecule has 2 N–H and O–H groups in total. The smallest absolute Gasteiger partial charge is 0.255 e. The lowest BCUT2D eigenvalue weighted by Crippen LogP contribution is -2.39. The van der Waals surface area contributed by atoms with Crippen molar-refractivity contribution in [3.8, 4) is 0 Å². The van der Waals surface area contributed by atoms with Gasteiger partial charge in [0, 0.05) is 23.0 Å². The van der Waals surface area contributed by atoms with Crippen LogP contribution in [0.25, 0.3) is 0 Å². The van der Waals surface area contributed by atoms with Crippen LogP contribution < -0.4 is 10.6 Å². The molecule has 0 saturated carbocycles. The first-order chi connectivity index (χ1) is 18.4. The number of nitrogens with zero attached hydrogens (tertiary/aromatic N) is 2. The van der Waals surface area contributed by atoms with Crippen LogP contribution in [0.4, 0.5) is 10.1 Å². The molecule has 2 aliphatic rings. The van der Waals surface area contributed by atoms with Gasteiger partial charge in [-0.25, -0.2) is 9.38 Å². The lowest BCUT2D eigenvalue weighted by atomic mass is 9.93. The summed E-state index contributed by atoms with van der Waals surface area (Å²) < 4.78 is 13.2. The highest BCUT2D eigenvalue weighted by molar-refractivity contribution is 8.16. The number of para-hydroxylation sites is 1. The number of halogens is 2. The van der Waals surface area contributed by atoms with Crippen molar-refractivity contribution in [3.63, 3.8) is 0 Å². The van der Waals surface area contributed by atoms with Crippen molar-refractivity contribution in [1.29, 1.82) is 0 Å². The Hall–Kier alpha value is -3.88. The van der Waals surface area contributed by atoms with Crippen LogP contribution in [0, 0.1) is 5.82 Å². The second-order valence-corrected chi connectivity index (χ2v) is 10.1. The van der Waals surface area contributed by atoms with Gasteiger partial charge in [-0.05, 0) is 53.8 Å². The summed E-state index contributed by atoms with van der Waals surface area (Å²) in [5.74, 6) is -0.827. The van der Waals surface area contributed by atoms with E-state index < -0.39 is 6.04 Å². The van der Waals surface area contributed by atoms with Crippen molar-refractivity contribution in [3.05, 3.63) is 123 Å². The van der Waals surface area contributed by atoms with E-state index in [2.05, 4.69) is 10.6 Å². The number of carbonyl (C=O) groups excluding carboxylic acids is 2. The quantitative estimate of drug-likeness (QED) is 0.360. The van der Waals surface area contributed by atoms with Crippen LogP contribution in [0.15, 0.2) is 106 Å². The first-order valence-electron chi connectivity index (χ1n) is 12.0. The second kappa shape index (κ2) is 11.2. The fraction of sp³-hybridized carbons (Fsp3) is 0.138. The van der Waals surface area contributed by atoms with Gasteiger partial charge in [0.2, 0.25) is 5.91 Å². The van der Waals surface area contributed by atoms with E-state index in [4.69, 9.17) is 16.6 Å². The number of thioether (sulfide) groups is 1. The van der Waals surface area contributed by atoms with Gasteiger partial charge in [-0.15, -0.1) is 0 Å². The number of hydrogen-bond acceptors (Lipinski definition) is 5. The molecule has 5 rings (SSSR count). The summed E-state index contributed by atoms with van der Waals surface area (Å²) in [5, 5.41) is 8.92. The van der Waals surface area contributed by atoms with E-state index in [0.717, 1.165) is 11.1 Å².